The zero-order valence-corrected chi connectivity index (χ0v) is 15.7. The number of rotatable bonds is 5. The minimum atomic E-state index is -4.68. The molecule has 0 bridgehead atoms. The van der Waals surface area contributed by atoms with E-state index in [9.17, 15) is 22.8 Å². The van der Waals surface area contributed by atoms with Crippen LogP contribution < -0.4 is 16.0 Å². The van der Waals surface area contributed by atoms with Gasteiger partial charge >= 0.3 is 12.2 Å². The van der Waals surface area contributed by atoms with Crippen LogP contribution in [0.4, 0.5) is 29.5 Å². The second-order valence-corrected chi connectivity index (χ2v) is 6.24. The van der Waals surface area contributed by atoms with Gasteiger partial charge in [0.05, 0.1) is 11.6 Å². The van der Waals surface area contributed by atoms with Crippen LogP contribution in [0.15, 0.2) is 42.6 Å². The Morgan fingerprint density at radius 1 is 1.13 bits per heavy atom. The number of carbonyl (C=O) groups excluding carboxylic acids is 2. The van der Waals surface area contributed by atoms with E-state index in [4.69, 9.17) is 11.6 Å². The molecule has 0 fully saturated rings. The molecule has 0 radical (unpaired) electrons. The van der Waals surface area contributed by atoms with Crippen LogP contribution in [0.3, 0.4) is 0 Å². The number of benzene rings is 1. The molecule has 0 saturated heterocycles. The van der Waals surface area contributed by atoms with Crippen molar-refractivity contribution in [2.24, 2.45) is 0 Å². The van der Waals surface area contributed by atoms with Crippen LogP contribution >= 0.6 is 11.6 Å². The molecule has 9 nitrogen and oxygen atoms in total. The minimum Gasteiger partial charge on any atom is -0.331 e. The van der Waals surface area contributed by atoms with Crippen molar-refractivity contribution in [3.8, 4) is 0 Å². The number of aromatic nitrogens is 4. The van der Waals surface area contributed by atoms with E-state index in [1.807, 2.05) is 0 Å². The molecule has 3 rings (SSSR count). The Bertz CT molecular complexity index is 1050. The maximum absolute atomic E-state index is 12.5. The van der Waals surface area contributed by atoms with Crippen LogP contribution in [0.1, 0.15) is 22.0 Å². The zero-order chi connectivity index (χ0) is 21.7. The van der Waals surface area contributed by atoms with E-state index in [0.29, 0.717) is 10.8 Å². The second kappa shape index (κ2) is 8.78. The highest BCUT2D eigenvalue weighted by Crippen LogP contribution is 2.25. The van der Waals surface area contributed by atoms with E-state index < -0.39 is 23.9 Å². The van der Waals surface area contributed by atoms with Crippen LogP contribution in [-0.4, -0.2) is 32.1 Å². The minimum absolute atomic E-state index is 0.166. The molecule has 0 aliphatic rings. The highest BCUT2D eigenvalue weighted by molar-refractivity contribution is 6.30. The highest BCUT2D eigenvalue weighted by Gasteiger charge is 2.36. The predicted octanol–water partition coefficient (Wildman–Crippen LogP) is 3.45. The SMILES string of the molecule is O=C(NCc1nc(C(F)(F)F)n[nH]1)Nc1cccc(C(=O)Nc2ccc(Cl)cn2)c1. The van der Waals surface area contributed by atoms with Crippen LogP contribution in [0, 0.1) is 0 Å². The van der Waals surface area contributed by atoms with Gasteiger partial charge in [0.2, 0.25) is 0 Å². The van der Waals surface area contributed by atoms with Gasteiger partial charge in [-0.05, 0) is 30.3 Å². The third-order valence-corrected chi connectivity index (χ3v) is 3.78. The van der Waals surface area contributed by atoms with E-state index in [-0.39, 0.29) is 23.6 Å². The van der Waals surface area contributed by atoms with Gasteiger partial charge in [0, 0.05) is 17.4 Å². The smallest absolute Gasteiger partial charge is 0.331 e. The summed E-state index contributed by atoms with van der Waals surface area (Å²) in [6.07, 6.45) is -3.30. The lowest BCUT2D eigenvalue weighted by atomic mass is 10.2. The van der Waals surface area contributed by atoms with Gasteiger partial charge < -0.3 is 16.0 Å². The number of hydrogen-bond acceptors (Lipinski definition) is 5. The number of pyridine rings is 1. The lowest BCUT2D eigenvalue weighted by Crippen LogP contribution is -2.28. The van der Waals surface area contributed by atoms with Crippen molar-refractivity contribution in [2.45, 2.75) is 12.7 Å². The quantitative estimate of drug-likeness (QED) is 0.484. The summed E-state index contributed by atoms with van der Waals surface area (Å²) in [6.45, 7) is -0.308. The fraction of sp³-hybridized carbons (Fsp3) is 0.118. The summed E-state index contributed by atoms with van der Waals surface area (Å²) < 4.78 is 37.4. The summed E-state index contributed by atoms with van der Waals surface area (Å²) in [6, 6.07) is 8.42. The van der Waals surface area contributed by atoms with Gasteiger partial charge in [0.1, 0.15) is 11.6 Å². The molecule has 3 aromatic rings. The van der Waals surface area contributed by atoms with Gasteiger partial charge in [-0.2, -0.15) is 13.2 Å². The van der Waals surface area contributed by atoms with Crippen LogP contribution in [0.5, 0.6) is 0 Å². The summed E-state index contributed by atoms with van der Waals surface area (Å²) in [4.78, 5) is 31.5. The number of urea groups is 1. The average Bonchev–Trinajstić information content (AvgIpc) is 3.18. The first-order valence-corrected chi connectivity index (χ1v) is 8.65. The zero-order valence-electron chi connectivity index (χ0n) is 14.9. The summed E-state index contributed by atoms with van der Waals surface area (Å²) in [5.41, 5.74) is 0.535. The van der Waals surface area contributed by atoms with Crippen molar-refractivity contribution in [2.75, 3.05) is 10.6 Å². The standard InChI is InChI=1S/C17H13ClF3N7O2/c18-10-4-5-12(22-7-10)25-14(29)9-2-1-3-11(6-9)24-16(30)23-8-13-26-15(28-27-13)17(19,20)21/h1-7H,8H2,(H,22,25,29)(H2,23,24,30)(H,26,27,28). The fourth-order valence-electron chi connectivity index (χ4n) is 2.22. The molecule has 0 aliphatic heterocycles. The summed E-state index contributed by atoms with van der Waals surface area (Å²) in [7, 11) is 0. The van der Waals surface area contributed by atoms with Crippen molar-refractivity contribution < 1.29 is 22.8 Å². The molecule has 3 amide bonds. The lowest BCUT2D eigenvalue weighted by molar-refractivity contribution is -0.144. The van der Waals surface area contributed by atoms with Gasteiger partial charge in [-0.15, -0.1) is 5.10 Å². The van der Waals surface area contributed by atoms with Crippen molar-refractivity contribution >= 4 is 35.0 Å². The second-order valence-electron chi connectivity index (χ2n) is 5.81. The molecule has 0 unspecified atom stereocenters. The largest absolute Gasteiger partial charge is 0.453 e. The Morgan fingerprint density at radius 2 is 1.93 bits per heavy atom. The highest BCUT2D eigenvalue weighted by atomic mass is 35.5. The fourth-order valence-corrected chi connectivity index (χ4v) is 2.33. The van der Waals surface area contributed by atoms with Gasteiger partial charge in [-0.1, -0.05) is 17.7 Å². The molecule has 0 aliphatic carbocycles. The summed E-state index contributed by atoms with van der Waals surface area (Å²) in [5.74, 6) is -1.66. The third-order valence-electron chi connectivity index (χ3n) is 3.55. The Hall–Kier alpha value is -3.67. The van der Waals surface area contributed by atoms with E-state index in [1.165, 1.54) is 30.5 Å². The number of amides is 3. The molecule has 1 aromatic carbocycles. The van der Waals surface area contributed by atoms with Gasteiger partial charge in [-0.25, -0.2) is 14.8 Å². The lowest BCUT2D eigenvalue weighted by Gasteiger charge is -2.09. The van der Waals surface area contributed by atoms with Crippen LogP contribution in [0.25, 0.3) is 0 Å². The first kappa shape index (κ1) is 21.0. The Morgan fingerprint density at radius 3 is 2.60 bits per heavy atom. The molecule has 2 aromatic heterocycles. The van der Waals surface area contributed by atoms with Gasteiger partial charge in [0.15, 0.2) is 0 Å². The maximum atomic E-state index is 12.5. The van der Waals surface area contributed by atoms with E-state index >= 15 is 0 Å². The molecule has 0 atom stereocenters. The summed E-state index contributed by atoms with van der Waals surface area (Å²) >= 11 is 5.74. The number of H-pyrrole nitrogens is 1. The first-order chi connectivity index (χ1) is 14.2. The topological polar surface area (TPSA) is 125 Å². The molecular formula is C17H13ClF3N7O2. The number of aromatic amines is 1. The van der Waals surface area contributed by atoms with Crippen molar-refractivity contribution in [1.29, 1.82) is 0 Å². The molecule has 156 valence electrons. The number of halogens is 4. The van der Waals surface area contributed by atoms with Gasteiger partial charge in [0.25, 0.3) is 11.7 Å². The van der Waals surface area contributed by atoms with Crippen LogP contribution in [0.2, 0.25) is 5.02 Å². The van der Waals surface area contributed by atoms with E-state index in [0.717, 1.165) is 0 Å². The molecule has 2 heterocycles. The molecule has 30 heavy (non-hydrogen) atoms. The van der Waals surface area contributed by atoms with Crippen LogP contribution in [-0.2, 0) is 12.7 Å². The number of alkyl halides is 3. The third kappa shape index (κ3) is 5.67. The van der Waals surface area contributed by atoms with Crippen molar-refractivity contribution in [3.05, 3.63) is 64.8 Å². The monoisotopic (exact) mass is 439 g/mol. The first-order valence-electron chi connectivity index (χ1n) is 8.27. The predicted molar refractivity (Wildman–Crippen MR) is 101 cm³/mol. The molecule has 13 heteroatoms. The van der Waals surface area contributed by atoms with Crippen molar-refractivity contribution in [1.82, 2.24) is 25.5 Å². The number of nitrogens with zero attached hydrogens (tertiary/aromatic N) is 3. The molecular weight excluding hydrogens is 427 g/mol. The van der Waals surface area contributed by atoms with E-state index in [1.54, 1.807) is 12.1 Å². The number of anilines is 2. The van der Waals surface area contributed by atoms with Crippen molar-refractivity contribution in [3.63, 3.8) is 0 Å². The summed E-state index contributed by atoms with van der Waals surface area (Å²) in [5, 5.41) is 12.9. The number of hydrogen-bond donors (Lipinski definition) is 4. The van der Waals surface area contributed by atoms with E-state index in [2.05, 4.69) is 36.1 Å². The number of carbonyl (C=O) groups is 2. The Kier molecular flexibility index (Phi) is 6.16. The Labute approximate surface area is 172 Å². The maximum Gasteiger partial charge on any atom is 0.453 e. The Balaban J connectivity index is 1.56. The number of nitrogens with one attached hydrogen (secondary N) is 4. The normalized spacial score (nSPS) is 11.1. The average molecular weight is 440 g/mol. The molecule has 4 N–H and O–H groups in total. The van der Waals surface area contributed by atoms with Gasteiger partial charge in [-0.3, -0.25) is 9.89 Å². The molecule has 0 saturated carbocycles. The molecule has 0 spiro atoms.